The Kier molecular flexibility index (Phi) is 4.44. The van der Waals surface area contributed by atoms with Gasteiger partial charge in [0.25, 0.3) is 5.91 Å². The number of carbonyl (C=O) groups excluding carboxylic acids is 3. The van der Waals surface area contributed by atoms with E-state index in [2.05, 4.69) is 10.6 Å². The van der Waals surface area contributed by atoms with Crippen LogP contribution in [0.4, 0.5) is 9.18 Å². The van der Waals surface area contributed by atoms with Gasteiger partial charge in [-0.2, -0.15) is 0 Å². The van der Waals surface area contributed by atoms with Crippen LogP contribution in [0.3, 0.4) is 0 Å². The molecule has 4 amide bonds. The lowest BCUT2D eigenvalue weighted by Gasteiger charge is -2.22. The summed E-state index contributed by atoms with van der Waals surface area (Å²) in [4.78, 5) is 37.1. The average molecular weight is 307 g/mol. The number of hydrogen-bond donors (Lipinski definition) is 2. The highest BCUT2D eigenvalue weighted by Crippen LogP contribution is 2.28. The Hall–Kier alpha value is -2.44. The van der Waals surface area contributed by atoms with E-state index in [0.717, 1.165) is 11.3 Å². The summed E-state index contributed by atoms with van der Waals surface area (Å²) >= 11 is 0. The van der Waals surface area contributed by atoms with E-state index in [1.807, 2.05) is 6.92 Å². The van der Waals surface area contributed by atoms with Gasteiger partial charge in [-0.15, -0.1) is 0 Å². The Morgan fingerprint density at radius 2 is 1.95 bits per heavy atom. The Bertz CT molecular complexity index is 603. The van der Waals surface area contributed by atoms with Crippen molar-refractivity contribution >= 4 is 17.8 Å². The van der Waals surface area contributed by atoms with Crippen LogP contribution in [0.25, 0.3) is 0 Å². The second kappa shape index (κ2) is 6.13. The van der Waals surface area contributed by atoms with Gasteiger partial charge in [-0.05, 0) is 31.0 Å². The summed E-state index contributed by atoms with van der Waals surface area (Å²) < 4.78 is 13.0. The quantitative estimate of drug-likeness (QED) is 0.800. The van der Waals surface area contributed by atoms with E-state index < -0.39 is 29.2 Å². The Labute approximate surface area is 127 Å². The van der Waals surface area contributed by atoms with E-state index >= 15 is 0 Å². The van der Waals surface area contributed by atoms with Crippen LogP contribution in [0.2, 0.25) is 0 Å². The molecule has 0 spiro atoms. The highest BCUT2D eigenvalue weighted by atomic mass is 19.1. The molecule has 1 saturated heterocycles. The van der Waals surface area contributed by atoms with Crippen LogP contribution in [0.15, 0.2) is 24.3 Å². The van der Waals surface area contributed by atoms with Crippen LogP contribution in [0.5, 0.6) is 0 Å². The molecule has 0 aliphatic carbocycles. The van der Waals surface area contributed by atoms with Crippen molar-refractivity contribution in [2.24, 2.45) is 0 Å². The molecule has 0 saturated carbocycles. The second-order valence-corrected chi connectivity index (χ2v) is 5.30. The number of halogens is 1. The Balaban J connectivity index is 2.17. The van der Waals surface area contributed by atoms with Crippen molar-refractivity contribution in [1.29, 1.82) is 0 Å². The maximum absolute atomic E-state index is 13.0. The molecular weight excluding hydrogens is 289 g/mol. The third-order valence-electron chi connectivity index (χ3n) is 3.57. The van der Waals surface area contributed by atoms with Crippen LogP contribution >= 0.6 is 0 Å². The molecule has 0 radical (unpaired) electrons. The zero-order chi connectivity index (χ0) is 16.3. The van der Waals surface area contributed by atoms with Gasteiger partial charge in [-0.1, -0.05) is 19.1 Å². The molecule has 1 aromatic carbocycles. The van der Waals surface area contributed by atoms with Crippen LogP contribution in [0, 0.1) is 5.82 Å². The van der Waals surface area contributed by atoms with Crippen LogP contribution in [-0.4, -0.2) is 35.8 Å². The maximum atomic E-state index is 13.0. The van der Waals surface area contributed by atoms with Gasteiger partial charge in [0.1, 0.15) is 17.9 Å². The summed E-state index contributed by atoms with van der Waals surface area (Å²) in [6.07, 6.45) is 0.763. The number of nitrogens with one attached hydrogen (secondary N) is 2. The number of amides is 4. The fraction of sp³-hybridized carbons (Fsp3) is 0.400. The molecule has 1 aliphatic rings. The number of hydrogen-bond acceptors (Lipinski definition) is 3. The molecule has 118 valence electrons. The maximum Gasteiger partial charge on any atom is 0.325 e. The lowest BCUT2D eigenvalue weighted by molar-refractivity contribution is -0.134. The largest absolute Gasteiger partial charge is 0.355 e. The summed E-state index contributed by atoms with van der Waals surface area (Å²) in [6.45, 7) is 3.59. The fourth-order valence-corrected chi connectivity index (χ4v) is 2.28. The predicted octanol–water partition coefficient (Wildman–Crippen LogP) is 1.12. The van der Waals surface area contributed by atoms with Crippen molar-refractivity contribution in [2.75, 3.05) is 13.1 Å². The molecule has 7 heteroatoms. The van der Waals surface area contributed by atoms with Crippen molar-refractivity contribution < 1.29 is 18.8 Å². The van der Waals surface area contributed by atoms with Crippen molar-refractivity contribution in [3.8, 4) is 0 Å². The van der Waals surface area contributed by atoms with Crippen molar-refractivity contribution in [3.63, 3.8) is 0 Å². The van der Waals surface area contributed by atoms with Crippen molar-refractivity contribution in [2.45, 2.75) is 25.8 Å². The summed E-state index contributed by atoms with van der Waals surface area (Å²) in [5.41, 5.74) is -0.834. The smallest absolute Gasteiger partial charge is 0.325 e. The number of carbonyl (C=O) groups is 3. The minimum atomic E-state index is -1.30. The van der Waals surface area contributed by atoms with E-state index in [1.165, 1.54) is 31.2 Å². The SMILES string of the molecule is CCCNC(=O)CN1C(=O)N[C@](C)(c2ccc(F)cc2)C1=O. The fourth-order valence-electron chi connectivity index (χ4n) is 2.28. The monoisotopic (exact) mass is 307 g/mol. The van der Waals surface area contributed by atoms with E-state index in [1.54, 1.807) is 0 Å². The van der Waals surface area contributed by atoms with E-state index in [-0.39, 0.29) is 6.54 Å². The van der Waals surface area contributed by atoms with E-state index in [4.69, 9.17) is 0 Å². The standard InChI is InChI=1S/C15H18FN3O3/c1-3-8-17-12(20)9-19-13(21)15(2,18-14(19)22)10-4-6-11(16)7-5-10/h4-7H,3,8-9H2,1-2H3,(H,17,20)(H,18,22)/t15-/m1/s1. The highest BCUT2D eigenvalue weighted by molar-refractivity contribution is 6.09. The second-order valence-electron chi connectivity index (χ2n) is 5.30. The van der Waals surface area contributed by atoms with Gasteiger partial charge in [0.05, 0.1) is 0 Å². The topological polar surface area (TPSA) is 78.5 Å². The summed E-state index contributed by atoms with van der Waals surface area (Å²) in [6, 6.07) is 4.68. The molecule has 2 rings (SSSR count). The van der Waals surface area contributed by atoms with Gasteiger partial charge >= 0.3 is 6.03 Å². The molecule has 1 atom stereocenters. The number of imide groups is 1. The zero-order valence-corrected chi connectivity index (χ0v) is 12.5. The lowest BCUT2D eigenvalue weighted by atomic mass is 9.92. The highest BCUT2D eigenvalue weighted by Gasteiger charge is 2.49. The molecule has 1 heterocycles. The third kappa shape index (κ3) is 2.93. The first-order valence-electron chi connectivity index (χ1n) is 7.05. The number of rotatable bonds is 5. The summed E-state index contributed by atoms with van der Waals surface area (Å²) in [5.74, 6) is -1.36. The molecule has 1 aliphatic heterocycles. The van der Waals surface area contributed by atoms with Crippen molar-refractivity contribution in [1.82, 2.24) is 15.5 Å². The normalized spacial score (nSPS) is 21.0. The summed E-state index contributed by atoms with van der Waals surface area (Å²) in [5, 5.41) is 5.17. The van der Waals surface area contributed by atoms with Crippen LogP contribution in [-0.2, 0) is 15.1 Å². The lowest BCUT2D eigenvalue weighted by Crippen LogP contribution is -2.43. The molecule has 2 N–H and O–H groups in total. The first-order chi connectivity index (χ1) is 10.4. The van der Waals surface area contributed by atoms with E-state index in [0.29, 0.717) is 12.1 Å². The number of benzene rings is 1. The zero-order valence-electron chi connectivity index (χ0n) is 12.5. The Morgan fingerprint density at radius 3 is 2.55 bits per heavy atom. The number of nitrogens with zero attached hydrogens (tertiary/aromatic N) is 1. The van der Waals surface area contributed by atoms with Crippen LogP contribution < -0.4 is 10.6 Å². The minimum Gasteiger partial charge on any atom is -0.355 e. The molecule has 0 aromatic heterocycles. The number of urea groups is 1. The first-order valence-corrected chi connectivity index (χ1v) is 7.05. The van der Waals surface area contributed by atoms with Gasteiger partial charge in [0.2, 0.25) is 5.91 Å². The first kappa shape index (κ1) is 15.9. The van der Waals surface area contributed by atoms with Crippen LogP contribution in [0.1, 0.15) is 25.8 Å². The predicted molar refractivity (Wildman–Crippen MR) is 77.3 cm³/mol. The van der Waals surface area contributed by atoms with Crippen molar-refractivity contribution in [3.05, 3.63) is 35.6 Å². The van der Waals surface area contributed by atoms with Gasteiger partial charge in [0.15, 0.2) is 0 Å². The van der Waals surface area contributed by atoms with Gasteiger partial charge in [0, 0.05) is 6.54 Å². The molecule has 1 fully saturated rings. The molecule has 0 bridgehead atoms. The molecule has 22 heavy (non-hydrogen) atoms. The average Bonchev–Trinajstić information content (AvgIpc) is 2.70. The van der Waals surface area contributed by atoms with Gasteiger partial charge in [-0.3, -0.25) is 14.5 Å². The molecular formula is C15H18FN3O3. The molecule has 1 aromatic rings. The van der Waals surface area contributed by atoms with E-state index in [9.17, 15) is 18.8 Å². The molecule has 6 nitrogen and oxygen atoms in total. The molecule has 0 unspecified atom stereocenters. The summed E-state index contributed by atoms with van der Waals surface area (Å²) in [7, 11) is 0. The van der Waals surface area contributed by atoms with Gasteiger partial charge in [-0.25, -0.2) is 9.18 Å². The third-order valence-corrected chi connectivity index (χ3v) is 3.57. The van der Waals surface area contributed by atoms with Gasteiger partial charge < -0.3 is 10.6 Å². The minimum absolute atomic E-state index is 0.332. The Morgan fingerprint density at radius 1 is 1.32 bits per heavy atom.